The standard InChI is InChI=1S/C22H28O4/c1-18(23)20-9-13-22(14-10-20)26-16-6-4-3-5-15-25-21-11-7-19(8-12-21)17-24-2/h7-14H,3-6,15-17H2,1-2H3. The third-order valence-corrected chi connectivity index (χ3v) is 4.07. The largest absolute Gasteiger partial charge is 0.494 e. The lowest BCUT2D eigenvalue weighted by Crippen LogP contribution is -2.00. The average molecular weight is 356 g/mol. The highest BCUT2D eigenvalue weighted by atomic mass is 16.5. The molecule has 0 bridgehead atoms. The van der Waals surface area contributed by atoms with E-state index in [0.717, 1.165) is 49.4 Å². The van der Waals surface area contributed by atoms with Crippen LogP contribution < -0.4 is 9.47 Å². The zero-order valence-corrected chi connectivity index (χ0v) is 15.7. The highest BCUT2D eigenvalue weighted by Crippen LogP contribution is 2.15. The summed E-state index contributed by atoms with van der Waals surface area (Å²) in [7, 11) is 1.69. The van der Waals surface area contributed by atoms with Gasteiger partial charge in [0.15, 0.2) is 5.78 Å². The summed E-state index contributed by atoms with van der Waals surface area (Å²) in [6.45, 7) is 3.62. The third-order valence-electron chi connectivity index (χ3n) is 4.07. The second kappa shape index (κ2) is 11.3. The van der Waals surface area contributed by atoms with Crippen molar-refractivity contribution in [3.8, 4) is 11.5 Å². The van der Waals surface area contributed by atoms with Gasteiger partial charge in [-0.05, 0) is 74.6 Å². The minimum Gasteiger partial charge on any atom is -0.494 e. The number of carbonyl (C=O) groups excluding carboxylic acids is 1. The maximum atomic E-state index is 11.2. The molecule has 4 heteroatoms. The van der Waals surface area contributed by atoms with Crippen molar-refractivity contribution in [3.63, 3.8) is 0 Å². The van der Waals surface area contributed by atoms with Crippen LogP contribution in [-0.2, 0) is 11.3 Å². The molecular weight excluding hydrogens is 328 g/mol. The Balaban J connectivity index is 1.50. The maximum absolute atomic E-state index is 11.2. The van der Waals surface area contributed by atoms with Gasteiger partial charge in [0, 0.05) is 12.7 Å². The Morgan fingerprint density at radius 2 is 1.27 bits per heavy atom. The molecule has 2 rings (SSSR count). The van der Waals surface area contributed by atoms with Crippen LogP contribution in [0.3, 0.4) is 0 Å². The number of Topliss-reactive ketones (excluding diaryl/α,β-unsaturated/α-hetero) is 1. The highest BCUT2D eigenvalue weighted by molar-refractivity contribution is 5.94. The Morgan fingerprint density at radius 1 is 0.769 bits per heavy atom. The van der Waals surface area contributed by atoms with Crippen LogP contribution in [0.25, 0.3) is 0 Å². The van der Waals surface area contributed by atoms with Gasteiger partial charge in [0.05, 0.1) is 19.8 Å². The van der Waals surface area contributed by atoms with Crippen LogP contribution in [0, 0.1) is 0 Å². The average Bonchev–Trinajstić information content (AvgIpc) is 2.66. The van der Waals surface area contributed by atoms with Gasteiger partial charge in [-0.1, -0.05) is 12.1 Å². The molecule has 140 valence electrons. The van der Waals surface area contributed by atoms with E-state index in [1.165, 1.54) is 0 Å². The van der Waals surface area contributed by atoms with Crippen molar-refractivity contribution in [1.82, 2.24) is 0 Å². The molecule has 0 saturated heterocycles. The first-order chi connectivity index (χ1) is 12.7. The van der Waals surface area contributed by atoms with Crippen molar-refractivity contribution in [3.05, 3.63) is 59.7 Å². The number of rotatable bonds is 12. The van der Waals surface area contributed by atoms with E-state index >= 15 is 0 Å². The van der Waals surface area contributed by atoms with E-state index < -0.39 is 0 Å². The van der Waals surface area contributed by atoms with E-state index in [1.54, 1.807) is 26.2 Å². The van der Waals surface area contributed by atoms with Crippen LogP contribution >= 0.6 is 0 Å². The molecule has 0 heterocycles. The maximum Gasteiger partial charge on any atom is 0.159 e. The van der Waals surface area contributed by atoms with Crippen molar-refractivity contribution < 1.29 is 19.0 Å². The van der Waals surface area contributed by atoms with Crippen molar-refractivity contribution in [1.29, 1.82) is 0 Å². The van der Waals surface area contributed by atoms with Crippen LogP contribution in [-0.4, -0.2) is 26.1 Å². The van der Waals surface area contributed by atoms with E-state index in [1.807, 2.05) is 36.4 Å². The molecular formula is C22H28O4. The highest BCUT2D eigenvalue weighted by Gasteiger charge is 2.00. The Bertz CT molecular complexity index is 647. The quantitative estimate of drug-likeness (QED) is 0.394. The monoisotopic (exact) mass is 356 g/mol. The van der Waals surface area contributed by atoms with Gasteiger partial charge >= 0.3 is 0 Å². The van der Waals surface area contributed by atoms with Crippen LogP contribution in [0.2, 0.25) is 0 Å². The smallest absolute Gasteiger partial charge is 0.159 e. The molecule has 0 saturated carbocycles. The molecule has 0 unspecified atom stereocenters. The summed E-state index contributed by atoms with van der Waals surface area (Å²) in [6.07, 6.45) is 4.28. The predicted molar refractivity (Wildman–Crippen MR) is 103 cm³/mol. The molecule has 26 heavy (non-hydrogen) atoms. The van der Waals surface area contributed by atoms with E-state index in [4.69, 9.17) is 14.2 Å². The van der Waals surface area contributed by atoms with Crippen molar-refractivity contribution >= 4 is 5.78 Å². The topological polar surface area (TPSA) is 44.8 Å². The number of unbranched alkanes of at least 4 members (excludes halogenated alkanes) is 3. The van der Waals surface area contributed by atoms with Gasteiger partial charge in [-0.2, -0.15) is 0 Å². The number of hydrogen-bond donors (Lipinski definition) is 0. The SMILES string of the molecule is COCc1ccc(OCCCCCCOc2ccc(C(C)=O)cc2)cc1. The fourth-order valence-corrected chi connectivity index (χ4v) is 2.57. The number of ketones is 1. The van der Waals surface area contributed by atoms with Gasteiger partial charge in [0.25, 0.3) is 0 Å². The normalized spacial score (nSPS) is 10.5. The summed E-state index contributed by atoms with van der Waals surface area (Å²) in [5.74, 6) is 1.79. The molecule has 0 radical (unpaired) electrons. The lowest BCUT2D eigenvalue weighted by molar-refractivity contribution is 0.101. The predicted octanol–water partition coefficient (Wildman–Crippen LogP) is 5.05. The van der Waals surface area contributed by atoms with Gasteiger partial charge < -0.3 is 14.2 Å². The van der Waals surface area contributed by atoms with Gasteiger partial charge in [-0.15, -0.1) is 0 Å². The second-order valence-corrected chi connectivity index (χ2v) is 6.27. The van der Waals surface area contributed by atoms with E-state index in [2.05, 4.69) is 0 Å². The summed E-state index contributed by atoms with van der Waals surface area (Å²) in [5, 5.41) is 0. The molecule has 0 aliphatic carbocycles. The first-order valence-corrected chi connectivity index (χ1v) is 9.13. The van der Waals surface area contributed by atoms with Gasteiger partial charge in [0.2, 0.25) is 0 Å². The fraction of sp³-hybridized carbons (Fsp3) is 0.409. The van der Waals surface area contributed by atoms with Crippen molar-refractivity contribution in [2.45, 2.75) is 39.2 Å². The Hall–Kier alpha value is -2.33. The van der Waals surface area contributed by atoms with Crippen molar-refractivity contribution in [2.75, 3.05) is 20.3 Å². The molecule has 2 aromatic carbocycles. The molecule has 2 aromatic rings. The molecule has 0 amide bonds. The molecule has 0 aliphatic heterocycles. The number of benzene rings is 2. The molecule has 0 spiro atoms. The molecule has 4 nitrogen and oxygen atoms in total. The Labute approximate surface area is 156 Å². The zero-order chi connectivity index (χ0) is 18.6. The summed E-state index contributed by atoms with van der Waals surface area (Å²) in [4.78, 5) is 11.2. The number of hydrogen-bond acceptors (Lipinski definition) is 4. The summed E-state index contributed by atoms with van der Waals surface area (Å²) < 4.78 is 16.5. The Kier molecular flexibility index (Phi) is 8.70. The number of carbonyl (C=O) groups is 1. The first kappa shape index (κ1) is 20.0. The van der Waals surface area contributed by atoms with E-state index in [-0.39, 0.29) is 5.78 Å². The summed E-state index contributed by atoms with van der Waals surface area (Å²) >= 11 is 0. The van der Waals surface area contributed by atoms with E-state index in [9.17, 15) is 4.79 Å². The second-order valence-electron chi connectivity index (χ2n) is 6.27. The van der Waals surface area contributed by atoms with E-state index in [0.29, 0.717) is 18.8 Å². The zero-order valence-electron chi connectivity index (χ0n) is 15.7. The Morgan fingerprint density at radius 3 is 1.73 bits per heavy atom. The van der Waals surface area contributed by atoms with Crippen LogP contribution in [0.1, 0.15) is 48.5 Å². The number of methoxy groups -OCH3 is 1. The fourth-order valence-electron chi connectivity index (χ4n) is 2.57. The van der Waals surface area contributed by atoms with Crippen LogP contribution in [0.5, 0.6) is 11.5 Å². The molecule has 0 aliphatic rings. The lowest BCUT2D eigenvalue weighted by atomic mass is 10.1. The summed E-state index contributed by atoms with van der Waals surface area (Å²) in [5.41, 5.74) is 1.86. The van der Waals surface area contributed by atoms with Crippen LogP contribution in [0.15, 0.2) is 48.5 Å². The molecule has 0 N–H and O–H groups in total. The minimum absolute atomic E-state index is 0.0738. The molecule has 0 aromatic heterocycles. The molecule has 0 fully saturated rings. The van der Waals surface area contributed by atoms with Gasteiger partial charge in [0.1, 0.15) is 11.5 Å². The summed E-state index contributed by atoms with van der Waals surface area (Å²) in [6, 6.07) is 15.3. The lowest BCUT2D eigenvalue weighted by Gasteiger charge is -2.08. The van der Waals surface area contributed by atoms with Gasteiger partial charge in [-0.25, -0.2) is 0 Å². The third kappa shape index (κ3) is 7.28. The minimum atomic E-state index is 0.0738. The number of ether oxygens (including phenoxy) is 3. The molecule has 0 atom stereocenters. The van der Waals surface area contributed by atoms with Crippen LogP contribution in [0.4, 0.5) is 0 Å². The van der Waals surface area contributed by atoms with Gasteiger partial charge in [-0.3, -0.25) is 4.79 Å². The van der Waals surface area contributed by atoms with Crippen molar-refractivity contribution in [2.24, 2.45) is 0 Å². The first-order valence-electron chi connectivity index (χ1n) is 9.13.